The smallest absolute Gasteiger partial charge is 0.0199 e. The van der Waals surface area contributed by atoms with E-state index in [1.807, 2.05) is 0 Å². The summed E-state index contributed by atoms with van der Waals surface area (Å²) in [4.78, 5) is 0. The molecule has 0 bridgehead atoms. The van der Waals surface area contributed by atoms with E-state index in [0.717, 1.165) is 0 Å². The van der Waals surface area contributed by atoms with Crippen molar-refractivity contribution in [2.24, 2.45) is 5.41 Å². The first-order chi connectivity index (χ1) is 5.41. The van der Waals surface area contributed by atoms with Crippen LogP contribution in [0.2, 0.25) is 0 Å². The van der Waals surface area contributed by atoms with Gasteiger partial charge in [-0.25, -0.2) is 0 Å². The second kappa shape index (κ2) is 3.85. The third kappa shape index (κ3) is 3.63. The van der Waals surface area contributed by atoms with E-state index >= 15 is 0 Å². The highest BCUT2D eigenvalue weighted by atomic mass is 127. The summed E-state index contributed by atoms with van der Waals surface area (Å²) in [5, 5.41) is 0. The van der Waals surface area contributed by atoms with E-state index in [1.165, 1.54) is 38.5 Å². The molecular formula is C11H21I. The molecule has 1 rings (SSSR count). The van der Waals surface area contributed by atoms with Crippen molar-refractivity contribution in [3.05, 3.63) is 0 Å². The lowest BCUT2D eigenvalue weighted by Gasteiger charge is -2.36. The van der Waals surface area contributed by atoms with E-state index in [-0.39, 0.29) is 0 Å². The Labute approximate surface area is 90.6 Å². The van der Waals surface area contributed by atoms with Crippen molar-refractivity contribution in [2.45, 2.75) is 62.7 Å². The molecule has 1 aliphatic carbocycles. The van der Waals surface area contributed by atoms with Crippen LogP contribution in [0.3, 0.4) is 0 Å². The molecule has 1 atom stereocenters. The fourth-order valence-corrected chi connectivity index (χ4v) is 3.86. The van der Waals surface area contributed by atoms with Gasteiger partial charge in [-0.3, -0.25) is 0 Å². The lowest BCUT2D eigenvalue weighted by Crippen LogP contribution is -2.27. The highest BCUT2D eigenvalue weighted by molar-refractivity contribution is 14.1. The average Bonchev–Trinajstić information content (AvgIpc) is 1.80. The molecule has 1 fully saturated rings. The number of hydrogen-bond donors (Lipinski definition) is 0. The van der Waals surface area contributed by atoms with Crippen molar-refractivity contribution in [3.63, 3.8) is 0 Å². The summed E-state index contributed by atoms with van der Waals surface area (Å²) in [7, 11) is 0. The Morgan fingerprint density at radius 3 is 2.17 bits per heavy atom. The highest BCUT2D eigenvalue weighted by Crippen LogP contribution is 2.42. The number of rotatable bonds is 0. The standard InChI is InChI=1S/C11H21I/c1-10(2)7-5-4-6-8-11(3,12)9-10/h4-9H2,1-3H3. The summed E-state index contributed by atoms with van der Waals surface area (Å²) in [6, 6.07) is 0. The summed E-state index contributed by atoms with van der Waals surface area (Å²) in [6.45, 7) is 7.27. The minimum absolute atomic E-state index is 0.557. The van der Waals surface area contributed by atoms with Gasteiger partial charge in [0.15, 0.2) is 0 Å². The molecule has 1 aliphatic rings. The Bertz CT molecular complexity index is 131. The van der Waals surface area contributed by atoms with Crippen LogP contribution in [0, 0.1) is 5.41 Å². The molecule has 12 heavy (non-hydrogen) atoms. The third-order valence-electron chi connectivity index (χ3n) is 2.90. The zero-order valence-electron chi connectivity index (χ0n) is 8.62. The van der Waals surface area contributed by atoms with Gasteiger partial charge in [-0.05, 0) is 24.7 Å². The second-order valence-electron chi connectivity index (χ2n) is 5.32. The summed E-state index contributed by atoms with van der Waals surface area (Å²) in [5.41, 5.74) is 0.580. The third-order valence-corrected chi connectivity index (χ3v) is 3.82. The Morgan fingerprint density at radius 2 is 1.50 bits per heavy atom. The lowest BCUT2D eigenvalue weighted by molar-refractivity contribution is 0.244. The van der Waals surface area contributed by atoms with E-state index in [4.69, 9.17) is 0 Å². The molecule has 0 aromatic carbocycles. The van der Waals surface area contributed by atoms with Gasteiger partial charge in [0.1, 0.15) is 0 Å². The lowest BCUT2D eigenvalue weighted by atomic mass is 9.76. The van der Waals surface area contributed by atoms with Crippen LogP contribution in [-0.2, 0) is 0 Å². The predicted octanol–water partition coefficient (Wildman–Crippen LogP) is 4.56. The molecule has 0 spiro atoms. The minimum Gasteiger partial charge on any atom is -0.0792 e. The van der Waals surface area contributed by atoms with Gasteiger partial charge in [0, 0.05) is 3.42 Å². The Hall–Kier alpha value is 0.730. The second-order valence-corrected chi connectivity index (χ2v) is 7.92. The Kier molecular flexibility index (Phi) is 3.47. The molecule has 0 aliphatic heterocycles. The summed E-state index contributed by atoms with van der Waals surface area (Å²) in [6.07, 6.45) is 8.56. The van der Waals surface area contributed by atoms with E-state index in [0.29, 0.717) is 8.84 Å². The maximum atomic E-state index is 2.66. The van der Waals surface area contributed by atoms with Crippen molar-refractivity contribution < 1.29 is 0 Å². The first-order valence-electron chi connectivity index (χ1n) is 5.10. The van der Waals surface area contributed by atoms with Gasteiger partial charge < -0.3 is 0 Å². The molecule has 1 unspecified atom stereocenters. The first-order valence-corrected chi connectivity index (χ1v) is 6.18. The quantitative estimate of drug-likeness (QED) is 0.450. The zero-order chi connectivity index (χ0) is 9.24. The van der Waals surface area contributed by atoms with Gasteiger partial charge in [-0.15, -0.1) is 0 Å². The molecule has 0 saturated heterocycles. The van der Waals surface area contributed by atoms with Gasteiger partial charge >= 0.3 is 0 Å². The van der Waals surface area contributed by atoms with Crippen molar-refractivity contribution in [1.82, 2.24) is 0 Å². The van der Waals surface area contributed by atoms with Crippen LogP contribution in [0.5, 0.6) is 0 Å². The van der Waals surface area contributed by atoms with Crippen molar-refractivity contribution in [3.8, 4) is 0 Å². The Balaban J connectivity index is 2.58. The molecule has 0 amide bonds. The van der Waals surface area contributed by atoms with Gasteiger partial charge in [-0.2, -0.15) is 0 Å². The van der Waals surface area contributed by atoms with Crippen molar-refractivity contribution in [1.29, 1.82) is 0 Å². The molecule has 0 radical (unpaired) electrons. The van der Waals surface area contributed by atoms with E-state index < -0.39 is 0 Å². The highest BCUT2D eigenvalue weighted by Gasteiger charge is 2.30. The normalized spacial score (nSPS) is 37.0. The molecule has 0 aromatic heterocycles. The zero-order valence-corrected chi connectivity index (χ0v) is 10.8. The van der Waals surface area contributed by atoms with Gasteiger partial charge in [0.25, 0.3) is 0 Å². The summed E-state index contributed by atoms with van der Waals surface area (Å²) in [5.74, 6) is 0. The van der Waals surface area contributed by atoms with Gasteiger partial charge in [0.05, 0.1) is 0 Å². The number of hydrogen-bond acceptors (Lipinski definition) is 0. The van der Waals surface area contributed by atoms with Crippen LogP contribution in [0.1, 0.15) is 59.3 Å². The largest absolute Gasteiger partial charge is 0.0792 e. The van der Waals surface area contributed by atoms with Gasteiger partial charge in [-0.1, -0.05) is 62.6 Å². The van der Waals surface area contributed by atoms with Crippen molar-refractivity contribution in [2.75, 3.05) is 0 Å². The van der Waals surface area contributed by atoms with E-state index in [1.54, 1.807) is 0 Å². The minimum atomic E-state index is 0.557. The van der Waals surface area contributed by atoms with E-state index in [9.17, 15) is 0 Å². The van der Waals surface area contributed by atoms with Crippen LogP contribution in [-0.4, -0.2) is 3.42 Å². The molecule has 1 saturated carbocycles. The van der Waals surface area contributed by atoms with Crippen LogP contribution in [0.25, 0.3) is 0 Å². The first kappa shape index (κ1) is 10.8. The SMILES string of the molecule is CC1(C)CCCCCC(C)(I)C1. The fourth-order valence-electron chi connectivity index (χ4n) is 2.45. The number of halogens is 1. The summed E-state index contributed by atoms with van der Waals surface area (Å²) < 4.78 is 0.557. The van der Waals surface area contributed by atoms with Crippen LogP contribution in [0.4, 0.5) is 0 Å². The monoisotopic (exact) mass is 280 g/mol. The molecule has 0 heterocycles. The maximum Gasteiger partial charge on any atom is 0.0199 e. The summed E-state index contributed by atoms with van der Waals surface area (Å²) >= 11 is 2.66. The number of alkyl halides is 1. The molecule has 0 aromatic rings. The molecule has 72 valence electrons. The average molecular weight is 280 g/mol. The van der Waals surface area contributed by atoms with Crippen LogP contribution >= 0.6 is 22.6 Å². The molecule has 0 nitrogen and oxygen atoms in total. The Morgan fingerprint density at radius 1 is 0.917 bits per heavy atom. The maximum absolute atomic E-state index is 2.66. The topological polar surface area (TPSA) is 0 Å². The van der Waals surface area contributed by atoms with E-state index in [2.05, 4.69) is 43.4 Å². The van der Waals surface area contributed by atoms with Crippen LogP contribution in [0.15, 0.2) is 0 Å². The molecule has 0 N–H and O–H groups in total. The van der Waals surface area contributed by atoms with Gasteiger partial charge in [0.2, 0.25) is 0 Å². The van der Waals surface area contributed by atoms with Crippen LogP contribution < -0.4 is 0 Å². The molecular weight excluding hydrogens is 259 g/mol. The van der Waals surface area contributed by atoms with Crippen molar-refractivity contribution >= 4 is 22.6 Å². The predicted molar refractivity (Wildman–Crippen MR) is 63.9 cm³/mol. The fraction of sp³-hybridized carbons (Fsp3) is 1.00. The molecule has 1 heteroatoms.